The van der Waals surface area contributed by atoms with Crippen LogP contribution in [-0.4, -0.2) is 60.6 Å². The quantitative estimate of drug-likeness (QED) is 0.800. The number of amides is 2. The van der Waals surface area contributed by atoms with E-state index in [1.165, 1.54) is 0 Å². The number of urea groups is 1. The minimum Gasteiger partial charge on any atom is -0.486 e. The third kappa shape index (κ3) is 3.82. The molecule has 2 amide bonds. The zero-order valence-electron chi connectivity index (χ0n) is 17.9. The number of anilines is 1. The Bertz CT molecular complexity index is 953. The summed E-state index contributed by atoms with van der Waals surface area (Å²) in [5, 5.41) is 11.6. The standard InChI is InChI=1S/C22H28N4O5/c1-14(2)19-24-25-20(31-19)16-12-26(13-22(16)5-7-28-8-6-22)21(27)23-15-3-4-17-18(11-15)30-10-9-29-17/h3-4,11,14,16H,5-10,12-13H2,1-2H3,(H,23,27). The predicted octanol–water partition coefficient (Wildman–Crippen LogP) is 3.39. The topological polar surface area (TPSA) is 99.0 Å². The van der Waals surface area contributed by atoms with Crippen LogP contribution in [0.25, 0.3) is 0 Å². The van der Waals surface area contributed by atoms with Crippen molar-refractivity contribution in [2.24, 2.45) is 5.41 Å². The van der Waals surface area contributed by atoms with Crippen molar-refractivity contribution in [1.82, 2.24) is 15.1 Å². The molecule has 9 nitrogen and oxygen atoms in total. The van der Waals surface area contributed by atoms with Crippen molar-refractivity contribution in [3.05, 3.63) is 30.0 Å². The Morgan fingerprint density at radius 1 is 1.13 bits per heavy atom. The molecule has 1 aromatic carbocycles. The van der Waals surface area contributed by atoms with E-state index < -0.39 is 0 Å². The number of benzene rings is 1. The second kappa shape index (κ2) is 8.03. The highest BCUT2D eigenvalue weighted by atomic mass is 16.6. The van der Waals surface area contributed by atoms with Gasteiger partial charge in [0.25, 0.3) is 0 Å². The summed E-state index contributed by atoms with van der Waals surface area (Å²) >= 11 is 0. The van der Waals surface area contributed by atoms with Gasteiger partial charge in [-0.2, -0.15) is 0 Å². The van der Waals surface area contributed by atoms with Crippen molar-refractivity contribution in [2.45, 2.75) is 38.5 Å². The molecule has 2 aromatic rings. The average Bonchev–Trinajstić information content (AvgIpc) is 3.40. The Hall–Kier alpha value is -2.81. The van der Waals surface area contributed by atoms with Gasteiger partial charge in [-0.1, -0.05) is 13.8 Å². The van der Waals surface area contributed by atoms with Crippen LogP contribution in [0, 0.1) is 5.41 Å². The summed E-state index contributed by atoms with van der Waals surface area (Å²) in [5.74, 6) is 2.78. The van der Waals surface area contributed by atoms with Crippen molar-refractivity contribution in [3.63, 3.8) is 0 Å². The highest BCUT2D eigenvalue weighted by molar-refractivity contribution is 5.90. The lowest BCUT2D eigenvalue weighted by Gasteiger charge is -2.36. The van der Waals surface area contributed by atoms with Gasteiger partial charge in [0.15, 0.2) is 11.5 Å². The highest BCUT2D eigenvalue weighted by Gasteiger charge is 2.51. The molecule has 1 unspecified atom stereocenters. The molecule has 166 valence electrons. The number of hydrogen-bond donors (Lipinski definition) is 1. The molecule has 2 fully saturated rings. The van der Waals surface area contributed by atoms with Crippen LogP contribution in [0.5, 0.6) is 11.5 Å². The Balaban J connectivity index is 1.35. The first-order valence-corrected chi connectivity index (χ1v) is 10.9. The van der Waals surface area contributed by atoms with Gasteiger partial charge in [0.2, 0.25) is 11.8 Å². The SMILES string of the molecule is CC(C)c1nnc(C2CN(C(=O)Nc3ccc4c(c3)OCCO4)CC23CCOCC3)o1. The van der Waals surface area contributed by atoms with E-state index in [2.05, 4.69) is 15.5 Å². The van der Waals surface area contributed by atoms with Crippen LogP contribution in [0.3, 0.4) is 0 Å². The summed E-state index contributed by atoms with van der Waals surface area (Å²) in [6, 6.07) is 5.31. The van der Waals surface area contributed by atoms with Crippen LogP contribution in [0.15, 0.2) is 22.6 Å². The van der Waals surface area contributed by atoms with Gasteiger partial charge in [-0.05, 0) is 25.0 Å². The molecular formula is C22H28N4O5. The third-order valence-electron chi connectivity index (χ3n) is 6.47. The van der Waals surface area contributed by atoms with Gasteiger partial charge in [-0.25, -0.2) is 4.79 Å². The maximum atomic E-state index is 13.1. The lowest BCUT2D eigenvalue weighted by atomic mass is 9.72. The van der Waals surface area contributed by atoms with E-state index in [0.29, 0.717) is 68.5 Å². The molecule has 1 aromatic heterocycles. The van der Waals surface area contributed by atoms with Crippen LogP contribution in [0.4, 0.5) is 10.5 Å². The largest absolute Gasteiger partial charge is 0.486 e. The second-order valence-corrected chi connectivity index (χ2v) is 8.83. The van der Waals surface area contributed by atoms with E-state index >= 15 is 0 Å². The average molecular weight is 428 g/mol. The molecule has 0 aliphatic carbocycles. The molecule has 1 atom stereocenters. The molecule has 1 N–H and O–H groups in total. The molecule has 3 aliphatic heterocycles. The number of aromatic nitrogens is 2. The van der Waals surface area contributed by atoms with Crippen LogP contribution in [0.1, 0.15) is 50.3 Å². The molecule has 0 saturated carbocycles. The normalized spacial score (nSPS) is 22.2. The first kappa shape index (κ1) is 20.1. The molecule has 5 rings (SSSR count). The van der Waals surface area contributed by atoms with Gasteiger partial charge in [0, 0.05) is 49.4 Å². The van der Waals surface area contributed by atoms with Crippen LogP contribution in [0.2, 0.25) is 0 Å². The predicted molar refractivity (Wildman–Crippen MR) is 112 cm³/mol. The van der Waals surface area contributed by atoms with Crippen molar-refractivity contribution >= 4 is 11.7 Å². The van der Waals surface area contributed by atoms with Crippen molar-refractivity contribution in [1.29, 1.82) is 0 Å². The van der Waals surface area contributed by atoms with Crippen molar-refractivity contribution in [3.8, 4) is 11.5 Å². The van der Waals surface area contributed by atoms with Crippen molar-refractivity contribution in [2.75, 3.05) is 44.8 Å². The minimum absolute atomic E-state index is 0.00224. The van der Waals surface area contributed by atoms with Crippen LogP contribution >= 0.6 is 0 Å². The zero-order valence-corrected chi connectivity index (χ0v) is 17.9. The highest BCUT2D eigenvalue weighted by Crippen LogP contribution is 2.49. The maximum absolute atomic E-state index is 13.1. The molecule has 9 heteroatoms. The zero-order chi connectivity index (χ0) is 21.4. The van der Waals surface area contributed by atoms with Gasteiger partial charge in [-0.15, -0.1) is 10.2 Å². The van der Waals surface area contributed by atoms with Crippen molar-refractivity contribution < 1.29 is 23.4 Å². The van der Waals surface area contributed by atoms with E-state index in [-0.39, 0.29) is 23.3 Å². The Morgan fingerprint density at radius 2 is 1.90 bits per heavy atom. The first-order valence-electron chi connectivity index (χ1n) is 10.9. The molecule has 0 radical (unpaired) electrons. The number of nitrogens with zero attached hydrogens (tertiary/aromatic N) is 3. The summed E-state index contributed by atoms with van der Waals surface area (Å²) in [5.41, 5.74) is 0.571. The lowest BCUT2D eigenvalue weighted by molar-refractivity contribution is 0.0101. The summed E-state index contributed by atoms with van der Waals surface area (Å²) < 4.78 is 22.8. The number of carbonyl (C=O) groups is 1. The molecule has 0 bridgehead atoms. The van der Waals surface area contributed by atoms with E-state index in [9.17, 15) is 4.79 Å². The van der Waals surface area contributed by atoms with E-state index in [1.807, 2.05) is 30.9 Å². The molecule has 1 spiro atoms. The monoisotopic (exact) mass is 428 g/mol. The van der Waals surface area contributed by atoms with E-state index in [1.54, 1.807) is 6.07 Å². The minimum atomic E-state index is -0.145. The van der Waals surface area contributed by atoms with Gasteiger partial charge in [-0.3, -0.25) is 0 Å². The summed E-state index contributed by atoms with van der Waals surface area (Å²) in [6.45, 7) is 7.64. The van der Waals surface area contributed by atoms with E-state index in [0.717, 1.165) is 12.8 Å². The number of likely N-dealkylation sites (tertiary alicyclic amines) is 1. The number of carbonyl (C=O) groups excluding carboxylic acids is 1. The lowest BCUT2D eigenvalue weighted by Crippen LogP contribution is -2.38. The summed E-state index contributed by atoms with van der Waals surface area (Å²) in [7, 11) is 0. The third-order valence-corrected chi connectivity index (χ3v) is 6.47. The number of ether oxygens (including phenoxy) is 3. The molecule has 4 heterocycles. The number of nitrogens with one attached hydrogen (secondary N) is 1. The summed E-state index contributed by atoms with van der Waals surface area (Å²) in [4.78, 5) is 15.0. The molecule has 3 aliphatic rings. The fourth-order valence-electron chi connectivity index (χ4n) is 4.69. The fourth-order valence-corrected chi connectivity index (χ4v) is 4.69. The Kier molecular flexibility index (Phi) is 5.21. The molecule has 2 saturated heterocycles. The van der Waals surface area contributed by atoms with Crippen LogP contribution < -0.4 is 14.8 Å². The number of rotatable bonds is 3. The smallest absolute Gasteiger partial charge is 0.321 e. The maximum Gasteiger partial charge on any atom is 0.321 e. The van der Waals surface area contributed by atoms with Gasteiger partial charge >= 0.3 is 6.03 Å². The molecule has 31 heavy (non-hydrogen) atoms. The van der Waals surface area contributed by atoms with Gasteiger partial charge < -0.3 is 28.8 Å². The van der Waals surface area contributed by atoms with Gasteiger partial charge in [0.05, 0.1) is 5.92 Å². The number of fused-ring (bicyclic) bond motifs is 1. The van der Waals surface area contributed by atoms with Crippen LogP contribution in [-0.2, 0) is 4.74 Å². The van der Waals surface area contributed by atoms with E-state index in [4.69, 9.17) is 18.6 Å². The Labute approximate surface area is 181 Å². The summed E-state index contributed by atoms with van der Waals surface area (Å²) in [6.07, 6.45) is 1.73. The fraction of sp³-hybridized carbons (Fsp3) is 0.591. The molecular weight excluding hydrogens is 400 g/mol. The first-order chi connectivity index (χ1) is 15.0. The Morgan fingerprint density at radius 3 is 2.65 bits per heavy atom. The van der Waals surface area contributed by atoms with Gasteiger partial charge in [0.1, 0.15) is 13.2 Å². The second-order valence-electron chi connectivity index (χ2n) is 8.83. The number of hydrogen-bond acceptors (Lipinski definition) is 7.